The Morgan fingerprint density at radius 3 is 0.864 bits per heavy atom. The molecule has 0 saturated carbocycles. The Morgan fingerprint density at radius 1 is 0.364 bits per heavy atom. The van der Waals surface area contributed by atoms with Crippen LogP contribution in [0.2, 0.25) is 0 Å². The van der Waals surface area contributed by atoms with Crippen LogP contribution in [0.15, 0.2) is 24.3 Å². The van der Waals surface area contributed by atoms with Crippen molar-refractivity contribution in [3.63, 3.8) is 0 Å². The first kappa shape index (κ1) is 39.5. The van der Waals surface area contributed by atoms with Gasteiger partial charge in [-0.2, -0.15) is 0 Å². The van der Waals surface area contributed by atoms with Crippen molar-refractivity contribution in [2.45, 2.75) is 195 Å². The van der Waals surface area contributed by atoms with Crippen LogP contribution in [-0.2, 0) is 32.5 Å². The Labute approximate surface area is 280 Å². The molecule has 0 aliphatic rings. The van der Waals surface area contributed by atoms with Crippen LogP contribution >= 0.6 is 18.5 Å². The van der Waals surface area contributed by atoms with E-state index in [4.69, 9.17) is 0 Å². The third kappa shape index (κ3) is 10.4. The fourth-order valence-electron chi connectivity index (χ4n) is 6.64. The summed E-state index contributed by atoms with van der Waals surface area (Å²) in [6, 6.07) is 9.96. The van der Waals surface area contributed by atoms with Crippen LogP contribution in [0, 0.1) is 0 Å². The van der Waals surface area contributed by atoms with Crippen molar-refractivity contribution < 1.29 is 0 Å². The molecule has 44 heavy (non-hydrogen) atoms. The zero-order chi connectivity index (χ0) is 34.1. The highest BCUT2D eigenvalue weighted by molar-refractivity contribution is 7.28. The molecule has 2 atom stereocenters. The minimum Gasteiger partial charge on any atom is -0.105 e. The molecule has 0 spiro atoms. The van der Waals surface area contributed by atoms with E-state index >= 15 is 0 Å². The molecule has 2 rings (SSSR count). The average Bonchev–Trinajstić information content (AvgIpc) is 2.82. The lowest BCUT2D eigenvalue weighted by Gasteiger charge is -2.34. The Kier molecular flexibility index (Phi) is 12.7. The van der Waals surface area contributed by atoms with Crippen molar-refractivity contribution in [2.24, 2.45) is 0 Å². The highest BCUT2D eigenvalue weighted by Crippen LogP contribution is 2.38. The van der Waals surface area contributed by atoms with E-state index in [0.717, 1.165) is 0 Å². The van der Waals surface area contributed by atoms with Gasteiger partial charge in [-0.1, -0.05) is 174 Å². The predicted molar refractivity (Wildman–Crippen MR) is 209 cm³/mol. The summed E-state index contributed by atoms with van der Waals surface area (Å²) in [5, 5.41) is 2.85. The van der Waals surface area contributed by atoms with Gasteiger partial charge in [-0.3, -0.25) is 0 Å². The van der Waals surface area contributed by atoms with Crippen LogP contribution in [0.1, 0.15) is 196 Å². The third-order valence-electron chi connectivity index (χ3n) is 10.0. The van der Waals surface area contributed by atoms with Gasteiger partial charge in [0.1, 0.15) is 0 Å². The molecule has 0 radical (unpaired) electrons. The van der Waals surface area contributed by atoms with Gasteiger partial charge in [-0.25, -0.2) is 0 Å². The van der Waals surface area contributed by atoms with Crippen molar-refractivity contribution in [3.8, 4) is 0 Å². The highest BCUT2D eigenvalue weighted by atomic mass is 31.0. The smallest absolute Gasteiger partial charge is 0.00972 e. The van der Waals surface area contributed by atoms with E-state index in [-0.39, 0.29) is 32.5 Å². The van der Waals surface area contributed by atoms with Gasteiger partial charge in [0.2, 0.25) is 0 Å². The topological polar surface area (TPSA) is 0 Å². The molecule has 0 aliphatic carbocycles. The van der Waals surface area contributed by atoms with Crippen LogP contribution in [0.25, 0.3) is 0 Å². The van der Waals surface area contributed by atoms with Gasteiger partial charge in [0.25, 0.3) is 0 Å². The van der Waals surface area contributed by atoms with E-state index in [1.54, 1.807) is 0 Å². The van der Waals surface area contributed by atoms with E-state index in [9.17, 15) is 0 Å². The van der Waals surface area contributed by atoms with Crippen LogP contribution in [0.3, 0.4) is 0 Å². The van der Waals surface area contributed by atoms with Gasteiger partial charge < -0.3 is 0 Å². The fourth-order valence-corrected chi connectivity index (χ4v) is 8.62. The van der Waals surface area contributed by atoms with E-state index < -0.39 is 0 Å². The second kappa shape index (κ2) is 14.2. The maximum absolute atomic E-state index is 3.12. The molecule has 0 fully saturated rings. The van der Waals surface area contributed by atoms with E-state index in [2.05, 4.69) is 154 Å². The molecule has 0 nitrogen and oxygen atoms in total. The molecule has 0 heterocycles. The molecule has 250 valence electrons. The zero-order valence-corrected chi connectivity index (χ0v) is 34.4. The van der Waals surface area contributed by atoms with Crippen LogP contribution in [0.4, 0.5) is 0 Å². The van der Waals surface area contributed by atoms with Crippen molar-refractivity contribution in [3.05, 3.63) is 57.6 Å². The first-order valence-corrected chi connectivity index (χ1v) is 18.7. The lowest BCUT2D eigenvalue weighted by Crippen LogP contribution is -2.30. The summed E-state index contributed by atoms with van der Waals surface area (Å²) in [6.45, 7) is 38.1. The summed E-state index contributed by atoms with van der Waals surface area (Å²) >= 11 is 0. The Morgan fingerprint density at radius 2 is 0.614 bits per heavy atom. The summed E-state index contributed by atoms with van der Waals surface area (Å²) in [5.74, 6) is 0. The maximum atomic E-state index is 3.12. The third-order valence-corrected chi connectivity index (χ3v) is 11.3. The molecule has 0 amide bonds. The van der Waals surface area contributed by atoms with Crippen LogP contribution < -0.4 is 10.6 Å². The Balaban J connectivity index is 2.00. The average molecular weight is 639 g/mol. The molecule has 0 bridgehead atoms. The molecule has 0 aromatic heterocycles. The van der Waals surface area contributed by atoms with Gasteiger partial charge in [-0.05, 0) is 89.3 Å². The number of rotatable bonds is 11. The second-order valence-electron chi connectivity index (χ2n) is 19.4. The standard InChI is InChI=1S/C42H72P2/c1-37(2,3)29-25-31(39(7,8)9)35(43)33(27-29)41(13,14)23-21-19-17-18-20-22-24-42(15,16)34-28-30(38(4,5)6)26-32(36(34)44)40(10,11)12/h25-28H,17-24,43-44H2,1-16H3. The minimum absolute atomic E-state index is 0.138. The number of hydrogen-bond acceptors (Lipinski definition) is 0. The molecular weight excluding hydrogens is 566 g/mol. The summed E-state index contributed by atoms with van der Waals surface area (Å²) in [7, 11) is 6.25. The highest BCUT2D eigenvalue weighted by Gasteiger charge is 2.31. The first-order chi connectivity index (χ1) is 19.7. The quantitative estimate of drug-likeness (QED) is 0.170. The molecule has 2 aromatic carbocycles. The normalized spacial score (nSPS) is 14.0. The van der Waals surface area contributed by atoms with Gasteiger partial charge in [0, 0.05) is 0 Å². The molecular formula is C42H72P2. The number of hydrogen-bond donors (Lipinski definition) is 0. The summed E-state index contributed by atoms with van der Waals surface area (Å²) in [6.07, 6.45) is 10.5. The summed E-state index contributed by atoms with van der Waals surface area (Å²) in [4.78, 5) is 0. The Bertz CT molecular complexity index is 1150. The van der Waals surface area contributed by atoms with Crippen molar-refractivity contribution >= 4 is 29.1 Å². The van der Waals surface area contributed by atoms with Gasteiger partial charge >= 0.3 is 0 Å². The van der Waals surface area contributed by atoms with E-state index in [0.29, 0.717) is 0 Å². The van der Waals surface area contributed by atoms with Crippen molar-refractivity contribution in [1.82, 2.24) is 0 Å². The van der Waals surface area contributed by atoms with Gasteiger partial charge in [0.05, 0.1) is 0 Å². The van der Waals surface area contributed by atoms with Crippen molar-refractivity contribution in [2.75, 3.05) is 0 Å². The largest absolute Gasteiger partial charge is 0.105 e. The molecule has 2 unspecified atom stereocenters. The fraction of sp³-hybridized carbons (Fsp3) is 0.714. The predicted octanol–water partition coefficient (Wildman–Crippen LogP) is 12.3. The van der Waals surface area contributed by atoms with E-state index in [1.807, 2.05) is 0 Å². The monoisotopic (exact) mass is 639 g/mol. The summed E-state index contributed by atoms with van der Waals surface area (Å²) < 4.78 is 0. The molecule has 0 saturated heterocycles. The zero-order valence-electron chi connectivity index (χ0n) is 32.1. The second-order valence-corrected chi connectivity index (χ2v) is 20.5. The molecule has 0 N–H and O–H groups in total. The summed E-state index contributed by atoms with van der Waals surface area (Å²) in [5.41, 5.74) is 9.88. The van der Waals surface area contributed by atoms with Crippen LogP contribution in [0.5, 0.6) is 0 Å². The molecule has 2 heteroatoms. The van der Waals surface area contributed by atoms with E-state index in [1.165, 1.54) is 95.4 Å². The minimum atomic E-state index is 0.138. The number of benzene rings is 2. The first-order valence-electron chi connectivity index (χ1n) is 17.6. The molecule has 0 aliphatic heterocycles. The lowest BCUT2D eigenvalue weighted by molar-refractivity contribution is 0.426. The van der Waals surface area contributed by atoms with Gasteiger partial charge in [0.15, 0.2) is 0 Å². The van der Waals surface area contributed by atoms with Crippen LogP contribution in [-0.4, -0.2) is 0 Å². The molecule has 2 aromatic rings. The Hall–Kier alpha value is -0.700. The SMILES string of the molecule is CC(C)(C)c1cc(C(C)(C)C)c(P)c(C(C)(C)CCCCCCCCC(C)(C)c2cc(C(C)(C)C)cc(C(C)(C)C)c2P)c1. The lowest BCUT2D eigenvalue weighted by atomic mass is 9.73. The van der Waals surface area contributed by atoms with Gasteiger partial charge in [-0.15, -0.1) is 18.5 Å². The van der Waals surface area contributed by atoms with Crippen molar-refractivity contribution in [1.29, 1.82) is 0 Å². The number of unbranched alkanes of at least 4 members (excludes halogenated alkanes) is 5. The maximum Gasteiger partial charge on any atom is -0.00972 e.